The van der Waals surface area contributed by atoms with Crippen LogP contribution in [0.1, 0.15) is 13.2 Å². The van der Waals surface area contributed by atoms with Crippen LogP contribution in [0.5, 0.6) is 0 Å². The third-order valence-electron chi connectivity index (χ3n) is 3.77. The minimum absolute atomic E-state index is 0.0895. The number of rotatable bonds is 2. The maximum Gasteiger partial charge on any atom is 0.270 e. The van der Waals surface area contributed by atoms with Crippen molar-refractivity contribution in [2.45, 2.75) is 24.9 Å². The molecule has 0 unspecified atom stereocenters. The van der Waals surface area contributed by atoms with Crippen molar-refractivity contribution in [2.75, 3.05) is 12.3 Å². The van der Waals surface area contributed by atoms with Crippen LogP contribution in [0.25, 0.3) is 0 Å². The summed E-state index contributed by atoms with van der Waals surface area (Å²) in [7, 11) is 0. The number of aromatic nitrogens is 2. The highest BCUT2D eigenvalue weighted by Crippen LogP contribution is 2.49. The van der Waals surface area contributed by atoms with E-state index in [1.54, 1.807) is 0 Å². The standard InChI is InChI=1S/C13H15N5O4/c1-3-13(7-19)9(20)12(2,6-14)10(22-13)18-5-4-8(15)16-11(18)17-21/h1,4-5,9-10,19-21H,7H2,2H3,(H2,15,16,17)/t9-,10+,12+,13+/m0/s1. The first-order valence-corrected chi connectivity index (χ1v) is 6.27. The van der Waals surface area contributed by atoms with Crippen LogP contribution in [0, 0.1) is 29.1 Å². The summed E-state index contributed by atoms with van der Waals surface area (Å²) >= 11 is 0. The average molecular weight is 305 g/mol. The first kappa shape index (κ1) is 15.8. The molecule has 0 aliphatic carbocycles. The Kier molecular flexibility index (Phi) is 3.81. The molecule has 5 N–H and O–H groups in total. The minimum Gasteiger partial charge on any atom is -0.408 e. The van der Waals surface area contributed by atoms with Gasteiger partial charge in [-0.3, -0.25) is 4.57 Å². The predicted molar refractivity (Wildman–Crippen MR) is 72.5 cm³/mol. The fourth-order valence-corrected chi connectivity index (χ4v) is 2.44. The van der Waals surface area contributed by atoms with Crippen LogP contribution in [-0.2, 0) is 4.74 Å². The molecule has 0 aromatic carbocycles. The van der Waals surface area contributed by atoms with Crippen molar-refractivity contribution in [2.24, 2.45) is 10.6 Å². The zero-order chi connectivity index (χ0) is 16.5. The molecule has 4 atom stereocenters. The van der Waals surface area contributed by atoms with Crippen molar-refractivity contribution in [3.05, 3.63) is 17.9 Å². The van der Waals surface area contributed by atoms with Gasteiger partial charge >= 0.3 is 0 Å². The Morgan fingerprint density at radius 2 is 2.36 bits per heavy atom. The second-order valence-electron chi connectivity index (χ2n) is 5.12. The van der Waals surface area contributed by atoms with Gasteiger partial charge in [0.15, 0.2) is 11.8 Å². The number of nitrogen functional groups attached to an aromatic ring is 1. The van der Waals surface area contributed by atoms with Gasteiger partial charge in [-0.2, -0.15) is 10.2 Å². The Morgan fingerprint density at radius 1 is 1.68 bits per heavy atom. The highest BCUT2D eigenvalue weighted by Gasteiger charge is 2.62. The monoisotopic (exact) mass is 305 g/mol. The Hall–Kier alpha value is -2.59. The molecule has 1 aromatic heterocycles. The van der Waals surface area contributed by atoms with Gasteiger partial charge in [-0.1, -0.05) is 5.92 Å². The number of aliphatic hydroxyl groups is 2. The SMILES string of the molecule is C#C[C@]1(CO)O[C@@H](n2ccc(N)n/c2=N\O)[C@](C)(C#N)[C@@H]1O. The van der Waals surface area contributed by atoms with Gasteiger partial charge in [0.05, 0.1) is 12.7 Å². The Morgan fingerprint density at radius 3 is 2.86 bits per heavy atom. The van der Waals surface area contributed by atoms with Crippen molar-refractivity contribution in [3.8, 4) is 18.4 Å². The quantitative estimate of drug-likeness (QED) is 0.296. The second kappa shape index (κ2) is 5.31. The van der Waals surface area contributed by atoms with Crippen molar-refractivity contribution in [1.29, 1.82) is 5.26 Å². The van der Waals surface area contributed by atoms with Gasteiger partial charge in [0, 0.05) is 6.20 Å². The maximum atomic E-state index is 10.4. The average Bonchev–Trinajstić information content (AvgIpc) is 2.77. The summed E-state index contributed by atoms with van der Waals surface area (Å²) in [6.45, 7) is 0.731. The molecule has 9 heteroatoms. The van der Waals surface area contributed by atoms with E-state index in [9.17, 15) is 15.5 Å². The van der Waals surface area contributed by atoms with Gasteiger partial charge in [0.25, 0.3) is 5.62 Å². The van der Waals surface area contributed by atoms with Crippen LogP contribution in [0.15, 0.2) is 17.4 Å². The lowest BCUT2D eigenvalue weighted by Crippen LogP contribution is -2.46. The molecule has 1 aliphatic heterocycles. The summed E-state index contributed by atoms with van der Waals surface area (Å²) in [5, 5.41) is 41.4. The molecule has 0 saturated carbocycles. The van der Waals surface area contributed by atoms with Crippen molar-refractivity contribution >= 4 is 5.82 Å². The number of hydrogen-bond acceptors (Lipinski definition) is 8. The Bertz CT molecular complexity index is 733. The lowest BCUT2D eigenvalue weighted by atomic mass is 9.79. The molecule has 22 heavy (non-hydrogen) atoms. The number of anilines is 1. The topological polar surface area (TPSA) is 150 Å². The third-order valence-corrected chi connectivity index (χ3v) is 3.77. The van der Waals surface area contributed by atoms with E-state index in [1.807, 2.05) is 6.07 Å². The Labute approximate surface area is 125 Å². The van der Waals surface area contributed by atoms with E-state index in [-0.39, 0.29) is 11.4 Å². The molecule has 1 fully saturated rings. The lowest BCUT2D eigenvalue weighted by Gasteiger charge is -2.27. The predicted octanol–water partition coefficient (Wildman–Crippen LogP) is -1.46. The molecular formula is C13H15N5O4. The lowest BCUT2D eigenvalue weighted by molar-refractivity contribution is -0.0933. The Balaban J connectivity index is 2.66. The van der Waals surface area contributed by atoms with E-state index in [0.717, 1.165) is 0 Å². The molecular weight excluding hydrogens is 290 g/mol. The molecule has 1 aromatic rings. The van der Waals surface area contributed by atoms with Crippen molar-refractivity contribution in [3.63, 3.8) is 0 Å². The second-order valence-corrected chi connectivity index (χ2v) is 5.12. The number of terminal acetylenes is 1. The molecule has 0 amide bonds. The van der Waals surface area contributed by atoms with Crippen LogP contribution >= 0.6 is 0 Å². The van der Waals surface area contributed by atoms with Crippen LogP contribution in [0.4, 0.5) is 5.82 Å². The van der Waals surface area contributed by atoms with E-state index < -0.39 is 30.0 Å². The largest absolute Gasteiger partial charge is 0.408 e. The van der Waals surface area contributed by atoms with Crippen LogP contribution < -0.4 is 11.4 Å². The summed E-state index contributed by atoms with van der Waals surface area (Å²) < 4.78 is 6.79. The first-order chi connectivity index (χ1) is 10.4. The molecule has 116 valence electrons. The number of hydrogen-bond donors (Lipinski definition) is 4. The van der Waals surface area contributed by atoms with E-state index in [2.05, 4.69) is 16.1 Å². The number of nitrogens with zero attached hydrogens (tertiary/aromatic N) is 4. The molecule has 0 spiro atoms. The van der Waals surface area contributed by atoms with Gasteiger partial charge in [-0.25, -0.2) is 0 Å². The summed E-state index contributed by atoms with van der Waals surface area (Å²) in [5.41, 5.74) is 2.01. The van der Waals surface area contributed by atoms with Gasteiger partial charge < -0.3 is 25.9 Å². The molecule has 9 nitrogen and oxygen atoms in total. The van der Waals surface area contributed by atoms with Gasteiger partial charge in [0.1, 0.15) is 17.3 Å². The number of nitrogens with two attached hydrogens (primary N) is 1. The molecule has 1 saturated heterocycles. The van der Waals surface area contributed by atoms with Crippen LogP contribution in [0.2, 0.25) is 0 Å². The number of aliphatic hydroxyl groups excluding tert-OH is 2. The maximum absolute atomic E-state index is 10.4. The zero-order valence-corrected chi connectivity index (χ0v) is 11.7. The fraction of sp³-hybridized carbons (Fsp3) is 0.462. The fourth-order valence-electron chi connectivity index (χ4n) is 2.44. The van der Waals surface area contributed by atoms with Crippen molar-refractivity contribution in [1.82, 2.24) is 9.55 Å². The summed E-state index contributed by atoms with van der Waals surface area (Å²) in [4.78, 5) is 3.80. The van der Waals surface area contributed by atoms with Gasteiger partial charge in [-0.15, -0.1) is 6.42 Å². The highest BCUT2D eigenvalue weighted by molar-refractivity contribution is 5.27. The van der Waals surface area contributed by atoms with E-state index in [4.69, 9.17) is 22.1 Å². The van der Waals surface area contributed by atoms with E-state index >= 15 is 0 Å². The van der Waals surface area contributed by atoms with E-state index in [0.29, 0.717) is 0 Å². The summed E-state index contributed by atoms with van der Waals surface area (Å²) in [5.74, 6) is 2.28. The summed E-state index contributed by atoms with van der Waals surface area (Å²) in [6.07, 6.45) is 4.13. The van der Waals surface area contributed by atoms with Gasteiger partial charge in [-0.05, 0) is 18.1 Å². The van der Waals surface area contributed by atoms with Crippen LogP contribution in [0.3, 0.4) is 0 Å². The highest BCUT2D eigenvalue weighted by atomic mass is 16.6. The third kappa shape index (κ3) is 2.00. The first-order valence-electron chi connectivity index (χ1n) is 6.27. The van der Waals surface area contributed by atoms with Crippen molar-refractivity contribution < 1.29 is 20.2 Å². The molecule has 0 radical (unpaired) electrons. The van der Waals surface area contributed by atoms with E-state index in [1.165, 1.54) is 23.8 Å². The summed E-state index contributed by atoms with van der Waals surface area (Å²) in [6, 6.07) is 3.34. The number of ether oxygens (including phenoxy) is 1. The zero-order valence-electron chi connectivity index (χ0n) is 11.7. The van der Waals surface area contributed by atoms with Crippen LogP contribution in [-0.4, -0.2) is 43.3 Å². The minimum atomic E-state index is -1.75. The molecule has 2 heterocycles. The smallest absolute Gasteiger partial charge is 0.270 e. The molecule has 1 aliphatic rings. The molecule has 2 rings (SSSR count). The molecule has 0 bridgehead atoms. The normalized spacial score (nSPS) is 35.0. The number of nitriles is 1. The van der Waals surface area contributed by atoms with Gasteiger partial charge in [0.2, 0.25) is 0 Å².